The molecule has 8 nitrogen and oxygen atoms in total. The summed E-state index contributed by atoms with van der Waals surface area (Å²) < 4.78 is 7.05. The van der Waals surface area contributed by atoms with Crippen LogP contribution in [0.1, 0.15) is 18.5 Å². The molecular weight excluding hydrogens is 466 g/mol. The highest BCUT2D eigenvalue weighted by Crippen LogP contribution is 2.38. The lowest BCUT2D eigenvalue weighted by molar-refractivity contribution is -0.113. The van der Waals surface area contributed by atoms with Crippen molar-refractivity contribution in [2.24, 2.45) is 0 Å². The number of allylic oxidation sites excluding steroid dienone is 1. The Balaban J connectivity index is 1.61. The SMILES string of the molecule is COc1ccccc1NC(=O)C1=C(C)Nc2nc(-c3ccccc3Cl)nn2[C@@H]1c1ccc(O)cc1. The van der Waals surface area contributed by atoms with Crippen LogP contribution in [0.5, 0.6) is 11.5 Å². The normalized spacial score (nSPS) is 14.8. The van der Waals surface area contributed by atoms with Gasteiger partial charge in [-0.1, -0.05) is 48.0 Å². The van der Waals surface area contributed by atoms with E-state index < -0.39 is 6.04 Å². The molecule has 2 heterocycles. The molecule has 1 atom stereocenters. The summed E-state index contributed by atoms with van der Waals surface area (Å²) in [6.07, 6.45) is 0. The van der Waals surface area contributed by atoms with Crippen molar-refractivity contribution in [1.82, 2.24) is 14.8 Å². The van der Waals surface area contributed by atoms with Crippen molar-refractivity contribution >= 4 is 29.1 Å². The molecule has 9 heteroatoms. The average molecular weight is 488 g/mol. The Hall–Kier alpha value is -4.30. The fourth-order valence-electron chi connectivity index (χ4n) is 4.10. The minimum Gasteiger partial charge on any atom is -0.508 e. The van der Waals surface area contributed by atoms with Crippen LogP contribution in [0.2, 0.25) is 5.02 Å². The number of nitrogens with one attached hydrogen (secondary N) is 2. The molecule has 0 fully saturated rings. The van der Waals surface area contributed by atoms with Crippen LogP contribution in [-0.4, -0.2) is 32.9 Å². The lowest BCUT2D eigenvalue weighted by Gasteiger charge is -2.28. The van der Waals surface area contributed by atoms with Gasteiger partial charge < -0.3 is 20.5 Å². The van der Waals surface area contributed by atoms with E-state index in [-0.39, 0.29) is 11.7 Å². The van der Waals surface area contributed by atoms with Gasteiger partial charge in [0, 0.05) is 11.3 Å². The zero-order valence-corrected chi connectivity index (χ0v) is 19.7. The highest BCUT2D eigenvalue weighted by molar-refractivity contribution is 6.33. The highest BCUT2D eigenvalue weighted by Gasteiger charge is 2.35. The van der Waals surface area contributed by atoms with E-state index in [9.17, 15) is 9.90 Å². The first-order chi connectivity index (χ1) is 17.0. The first-order valence-corrected chi connectivity index (χ1v) is 11.3. The molecule has 3 N–H and O–H groups in total. The number of phenolic OH excluding ortho intramolecular Hbond substituents is 1. The lowest BCUT2D eigenvalue weighted by Crippen LogP contribution is -2.31. The third-order valence-corrected chi connectivity index (χ3v) is 6.11. The molecule has 0 radical (unpaired) electrons. The van der Waals surface area contributed by atoms with Crippen molar-refractivity contribution in [3.8, 4) is 22.9 Å². The Morgan fingerprint density at radius 2 is 1.80 bits per heavy atom. The Kier molecular flexibility index (Phi) is 5.88. The van der Waals surface area contributed by atoms with Crippen molar-refractivity contribution in [2.45, 2.75) is 13.0 Å². The van der Waals surface area contributed by atoms with Gasteiger partial charge in [0.2, 0.25) is 5.95 Å². The van der Waals surface area contributed by atoms with Gasteiger partial charge >= 0.3 is 0 Å². The van der Waals surface area contributed by atoms with Crippen molar-refractivity contribution in [1.29, 1.82) is 0 Å². The Labute approximate surface area is 206 Å². The minimum absolute atomic E-state index is 0.124. The molecule has 1 aromatic heterocycles. The number of aromatic hydroxyl groups is 1. The second-order valence-electron chi connectivity index (χ2n) is 8.00. The summed E-state index contributed by atoms with van der Waals surface area (Å²) >= 11 is 6.40. The summed E-state index contributed by atoms with van der Waals surface area (Å²) in [4.78, 5) is 18.3. The molecule has 35 heavy (non-hydrogen) atoms. The topological polar surface area (TPSA) is 101 Å². The molecule has 0 saturated carbocycles. The maximum atomic E-state index is 13.6. The number of carbonyl (C=O) groups is 1. The van der Waals surface area contributed by atoms with Gasteiger partial charge in [-0.3, -0.25) is 4.79 Å². The maximum absolute atomic E-state index is 13.6. The average Bonchev–Trinajstić information content (AvgIpc) is 3.27. The lowest BCUT2D eigenvalue weighted by atomic mass is 9.95. The van der Waals surface area contributed by atoms with Crippen molar-refractivity contribution in [3.05, 3.63) is 94.7 Å². The third-order valence-electron chi connectivity index (χ3n) is 5.78. The van der Waals surface area contributed by atoms with Gasteiger partial charge in [-0.2, -0.15) is 4.98 Å². The molecule has 0 unspecified atom stereocenters. The number of para-hydroxylation sites is 2. The number of anilines is 2. The number of halogens is 1. The Morgan fingerprint density at radius 3 is 2.54 bits per heavy atom. The highest BCUT2D eigenvalue weighted by atomic mass is 35.5. The van der Waals surface area contributed by atoms with E-state index in [1.165, 1.54) is 0 Å². The van der Waals surface area contributed by atoms with E-state index in [4.69, 9.17) is 21.4 Å². The quantitative estimate of drug-likeness (QED) is 0.356. The summed E-state index contributed by atoms with van der Waals surface area (Å²) in [5.41, 5.74) is 3.06. The summed E-state index contributed by atoms with van der Waals surface area (Å²) in [7, 11) is 1.55. The number of rotatable bonds is 5. The molecule has 1 amide bonds. The fourth-order valence-corrected chi connectivity index (χ4v) is 4.32. The monoisotopic (exact) mass is 487 g/mol. The number of nitrogens with zero attached hydrogens (tertiary/aromatic N) is 3. The minimum atomic E-state index is -0.606. The van der Waals surface area contributed by atoms with Gasteiger partial charge in [-0.15, -0.1) is 5.10 Å². The van der Waals surface area contributed by atoms with E-state index in [0.717, 1.165) is 5.56 Å². The smallest absolute Gasteiger partial charge is 0.255 e. The Morgan fingerprint density at radius 1 is 1.09 bits per heavy atom. The van der Waals surface area contributed by atoms with Crippen LogP contribution in [0.15, 0.2) is 84.1 Å². The van der Waals surface area contributed by atoms with E-state index >= 15 is 0 Å². The molecule has 0 spiro atoms. The number of hydrogen-bond acceptors (Lipinski definition) is 6. The standard InChI is InChI=1S/C26H22ClN5O3/c1-15-22(25(34)29-20-9-5-6-10-21(20)35-2)23(16-11-13-17(33)14-12-16)32-26(28-15)30-24(31-32)18-7-3-4-8-19(18)27/h3-14,23,33H,1-2H3,(H,29,34)(H,28,30,31)/t23-/m1/s1. The van der Waals surface area contributed by atoms with Crippen molar-refractivity contribution < 1.29 is 14.6 Å². The number of ether oxygens (including phenoxy) is 1. The van der Waals surface area contributed by atoms with Gasteiger partial charge in [0.1, 0.15) is 17.5 Å². The molecular formula is C26H22ClN5O3. The number of benzene rings is 3. The second-order valence-corrected chi connectivity index (χ2v) is 8.40. The molecule has 1 aliphatic heterocycles. The van der Waals surface area contributed by atoms with Crippen LogP contribution in [-0.2, 0) is 4.79 Å². The number of aromatic nitrogens is 3. The molecule has 5 rings (SSSR count). The largest absolute Gasteiger partial charge is 0.508 e. The van der Waals surface area contributed by atoms with Gasteiger partial charge in [-0.05, 0) is 48.9 Å². The summed E-state index contributed by atoms with van der Waals surface area (Å²) in [6, 6.07) is 20.6. The molecule has 3 aromatic carbocycles. The molecule has 176 valence electrons. The fraction of sp³-hybridized carbons (Fsp3) is 0.115. The van der Waals surface area contributed by atoms with Gasteiger partial charge in [0.05, 0.1) is 23.4 Å². The van der Waals surface area contributed by atoms with E-state index in [2.05, 4.69) is 15.6 Å². The summed E-state index contributed by atoms with van der Waals surface area (Å²) in [5.74, 6) is 1.26. The van der Waals surface area contributed by atoms with Crippen LogP contribution in [0.25, 0.3) is 11.4 Å². The molecule has 1 aliphatic rings. The van der Waals surface area contributed by atoms with Crippen molar-refractivity contribution in [3.63, 3.8) is 0 Å². The number of carbonyl (C=O) groups excluding carboxylic acids is 1. The summed E-state index contributed by atoms with van der Waals surface area (Å²) in [6.45, 7) is 1.82. The van der Waals surface area contributed by atoms with E-state index in [1.807, 2.05) is 37.3 Å². The van der Waals surface area contributed by atoms with Crippen LogP contribution in [0.4, 0.5) is 11.6 Å². The molecule has 0 bridgehead atoms. The van der Waals surface area contributed by atoms with Crippen molar-refractivity contribution in [2.75, 3.05) is 17.7 Å². The van der Waals surface area contributed by atoms with Crippen LogP contribution < -0.4 is 15.4 Å². The van der Waals surface area contributed by atoms with Crippen LogP contribution >= 0.6 is 11.6 Å². The molecule has 0 saturated heterocycles. The molecule has 4 aromatic rings. The number of phenols is 1. The number of fused-ring (bicyclic) bond motifs is 1. The number of methoxy groups -OCH3 is 1. The third kappa shape index (κ3) is 4.20. The number of amides is 1. The number of hydrogen-bond donors (Lipinski definition) is 3. The van der Waals surface area contributed by atoms with Crippen LogP contribution in [0, 0.1) is 0 Å². The summed E-state index contributed by atoms with van der Waals surface area (Å²) in [5, 5.41) is 21.3. The first kappa shape index (κ1) is 22.5. The van der Waals surface area contributed by atoms with Gasteiger partial charge in [0.15, 0.2) is 5.82 Å². The first-order valence-electron chi connectivity index (χ1n) is 10.9. The van der Waals surface area contributed by atoms with Gasteiger partial charge in [-0.25, -0.2) is 4.68 Å². The zero-order chi connectivity index (χ0) is 24.5. The predicted molar refractivity (Wildman–Crippen MR) is 135 cm³/mol. The second kappa shape index (κ2) is 9.15. The van der Waals surface area contributed by atoms with E-state index in [1.54, 1.807) is 54.3 Å². The van der Waals surface area contributed by atoms with E-state index in [0.29, 0.717) is 45.1 Å². The van der Waals surface area contributed by atoms with Crippen LogP contribution in [0.3, 0.4) is 0 Å². The molecule has 0 aliphatic carbocycles. The van der Waals surface area contributed by atoms with Gasteiger partial charge in [0.25, 0.3) is 5.91 Å². The predicted octanol–water partition coefficient (Wildman–Crippen LogP) is 5.24. The zero-order valence-electron chi connectivity index (χ0n) is 19.0. The Bertz CT molecular complexity index is 1450. The maximum Gasteiger partial charge on any atom is 0.255 e.